The Kier molecular flexibility index (Phi) is 4.89. The van der Waals surface area contributed by atoms with E-state index in [9.17, 15) is 9.18 Å². The van der Waals surface area contributed by atoms with Gasteiger partial charge in [0, 0.05) is 50.7 Å². The third-order valence-corrected chi connectivity index (χ3v) is 4.26. The van der Waals surface area contributed by atoms with E-state index in [1.54, 1.807) is 43.4 Å². The fraction of sp³-hybridized carbons (Fsp3) is 0.471. The van der Waals surface area contributed by atoms with Gasteiger partial charge < -0.3 is 9.32 Å². The van der Waals surface area contributed by atoms with E-state index in [1.165, 1.54) is 6.33 Å². The van der Waals surface area contributed by atoms with Crippen molar-refractivity contribution < 1.29 is 13.6 Å². The SMILES string of the molecule is Cc1ccc(C(=O)N(C)C[C@@H]2C[C@H](F)CN2Cc2cncnc2)o1. The summed E-state index contributed by atoms with van der Waals surface area (Å²) in [5, 5.41) is 0. The smallest absolute Gasteiger partial charge is 0.289 e. The van der Waals surface area contributed by atoms with Crippen LogP contribution < -0.4 is 0 Å². The fourth-order valence-electron chi connectivity index (χ4n) is 3.09. The molecule has 1 amide bonds. The van der Waals surface area contributed by atoms with Crippen LogP contribution in [0.25, 0.3) is 0 Å². The summed E-state index contributed by atoms with van der Waals surface area (Å²) < 4.78 is 19.3. The second-order valence-electron chi connectivity index (χ2n) is 6.26. The van der Waals surface area contributed by atoms with Crippen LogP contribution in [0.15, 0.2) is 35.3 Å². The molecule has 2 atom stereocenters. The first-order valence-electron chi connectivity index (χ1n) is 7.97. The Morgan fingerprint density at radius 2 is 2.17 bits per heavy atom. The standard InChI is InChI=1S/C17H21FN4O2/c1-12-3-4-16(24-12)17(23)21(2)10-15-5-14(18)9-22(15)8-13-6-19-11-20-7-13/h3-4,6-7,11,14-15H,5,8-10H2,1-2H3/t14-,15-/m0/s1. The number of carbonyl (C=O) groups excluding carboxylic acids is 1. The molecule has 3 rings (SSSR count). The Balaban J connectivity index is 1.64. The molecule has 0 saturated carbocycles. The van der Waals surface area contributed by atoms with E-state index in [1.807, 2.05) is 4.90 Å². The van der Waals surface area contributed by atoms with Gasteiger partial charge in [-0.05, 0) is 25.5 Å². The Labute approximate surface area is 140 Å². The monoisotopic (exact) mass is 332 g/mol. The Morgan fingerprint density at radius 1 is 1.42 bits per heavy atom. The minimum atomic E-state index is -0.881. The number of hydrogen-bond donors (Lipinski definition) is 0. The highest BCUT2D eigenvalue weighted by molar-refractivity contribution is 5.91. The summed E-state index contributed by atoms with van der Waals surface area (Å²) in [7, 11) is 1.72. The van der Waals surface area contributed by atoms with E-state index in [0.29, 0.717) is 37.6 Å². The summed E-state index contributed by atoms with van der Waals surface area (Å²) in [6.45, 7) is 3.19. The lowest BCUT2D eigenvalue weighted by molar-refractivity contribution is 0.0717. The third-order valence-electron chi connectivity index (χ3n) is 4.26. The van der Waals surface area contributed by atoms with Crippen molar-refractivity contribution >= 4 is 5.91 Å². The molecule has 6 nitrogen and oxygen atoms in total. The van der Waals surface area contributed by atoms with Crippen LogP contribution in [0.5, 0.6) is 0 Å². The highest BCUT2D eigenvalue weighted by atomic mass is 19.1. The molecule has 0 aromatic carbocycles. The largest absolute Gasteiger partial charge is 0.456 e. The van der Waals surface area contributed by atoms with Crippen molar-refractivity contribution in [1.29, 1.82) is 0 Å². The number of furan rings is 1. The van der Waals surface area contributed by atoms with Crippen LogP contribution in [0, 0.1) is 6.92 Å². The van der Waals surface area contributed by atoms with Crippen molar-refractivity contribution in [3.8, 4) is 0 Å². The van der Waals surface area contributed by atoms with Crippen molar-refractivity contribution in [2.45, 2.75) is 32.1 Å². The first kappa shape index (κ1) is 16.6. The van der Waals surface area contributed by atoms with Crippen molar-refractivity contribution in [2.24, 2.45) is 0 Å². The number of rotatable bonds is 5. The Bertz CT molecular complexity index is 691. The predicted molar refractivity (Wildman–Crippen MR) is 86.1 cm³/mol. The number of likely N-dealkylation sites (tertiary alicyclic amines) is 1. The number of aromatic nitrogens is 2. The molecule has 3 heterocycles. The number of aryl methyl sites for hydroxylation is 1. The fourth-order valence-corrected chi connectivity index (χ4v) is 3.09. The van der Waals surface area contributed by atoms with Crippen molar-refractivity contribution in [2.75, 3.05) is 20.1 Å². The molecule has 1 saturated heterocycles. The molecular formula is C17H21FN4O2. The molecule has 1 aliphatic rings. The molecule has 24 heavy (non-hydrogen) atoms. The summed E-state index contributed by atoms with van der Waals surface area (Å²) >= 11 is 0. The average molecular weight is 332 g/mol. The van der Waals surface area contributed by atoms with Gasteiger partial charge in [-0.2, -0.15) is 0 Å². The van der Waals surface area contributed by atoms with E-state index < -0.39 is 6.17 Å². The van der Waals surface area contributed by atoms with Crippen LogP contribution in [-0.2, 0) is 6.54 Å². The molecule has 0 bridgehead atoms. The number of alkyl halides is 1. The number of halogens is 1. The molecule has 0 N–H and O–H groups in total. The molecule has 1 fully saturated rings. The van der Waals surface area contributed by atoms with Crippen molar-refractivity contribution in [3.63, 3.8) is 0 Å². The molecule has 2 aromatic heterocycles. The van der Waals surface area contributed by atoms with Gasteiger partial charge in [0.1, 0.15) is 18.3 Å². The molecule has 128 valence electrons. The summed E-state index contributed by atoms with van der Waals surface area (Å²) in [5.74, 6) is 0.823. The summed E-state index contributed by atoms with van der Waals surface area (Å²) in [6, 6.07) is 3.39. The molecule has 0 radical (unpaired) electrons. The minimum Gasteiger partial charge on any atom is -0.456 e. The van der Waals surface area contributed by atoms with E-state index in [0.717, 1.165) is 5.56 Å². The summed E-state index contributed by atoms with van der Waals surface area (Å²) in [5.41, 5.74) is 0.937. The van der Waals surface area contributed by atoms with E-state index in [-0.39, 0.29) is 11.9 Å². The highest BCUT2D eigenvalue weighted by Gasteiger charge is 2.34. The summed E-state index contributed by atoms with van der Waals surface area (Å²) in [6.07, 6.45) is 4.48. The summed E-state index contributed by atoms with van der Waals surface area (Å²) in [4.78, 5) is 24.0. The lowest BCUT2D eigenvalue weighted by Gasteiger charge is -2.27. The van der Waals surface area contributed by atoms with Crippen LogP contribution in [0.1, 0.15) is 28.3 Å². The van der Waals surface area contributed by atoms with Gasteiger partial charge in [0.15, 0.2) is 5.76 Å². The zero-order chi connectivity index (χ0) is 17.1. The minimum absolute atomic E-state index is 0.0368. The van der Waals surface area contributed by atoms with Crippen LogP contribution in [0.4, 0.5) is 4.39 Å². The van der Waals surface area contributed by atoms with Gasteiger partial charge >= 0.3 is 0 Å². The lowest BCUT2D eigenvalue weighted by Crippen LogP contribution is -2.40. The van der Waals surface area contributed by atoms with E-state index in [4.69, 9.17) is 4.42 Å². The van der Waals surface area contributed by atoms with Gasteiger partial charge in [-0.3, -0.25) is 9.69 Å². The van der Waals surface area contributed by atoms with E-state index >= 15 is 0 Å². The van der Waals surface area contributed by atoms with Crippen LogP contribution in [0.2, 0.25) is 0 Å². The first-order valence-corrected chi connectivity index (χ1v) is 7.97. The predicted octanol–water partition coefficient (Wildman–Crippen LogP) is 2.06. The maximum atomic E-state index is 13.9. The number of nitrogens with zero attached hydrogens (tertiary/aromatic N) is 4. The Hall–Kier alpha value is -2.28. The van der Waals surface area contributed by atoms with E-state index in [2.05, 4.69) is 9.97 Å². The van der Waals surface area contributed by atoms with Crippen molar-refractivity contribution in [3.05, 3.63) is 47.9 Å². The van der Waals surface area contributed by atoms with Gasteiger partial charge in [0.25, 0.3) is 5.91 Å². The number of carbonyl (C=O) groups is 1. The normalized spacial score (nSPS) is 21.1. The highest BCUT2D eigenvalue weighted by Crippen LogP contribution is 2.23. The van der Waals surface area contributed by atoms with Gasteiger partial charge in [-0.15, -0.1) is 0 Å². The van der Waals surface area contributed by atoms with Crippen molar-refractivity contribution in [1.82, 2.24) is 19.8 Å². The molecule has 2 aromatic rings. The zero-order valence-electron chi connectivity index (χ0n) is 13.9. The quantitative estimate of drug-likeness (QED) is 0.839. The third kappa shape index (κ3) is 3.79. The number of hydrogen-bond acceptors (Lipinski definition) is 5. The second kappa shape index (κ2) is 7.09. The molecule has 0 unspecified atom stereocenters. The molecule has 0 spiro atoms. The molecule has 7 heteroatoms. The second-order valence-corrected chi connectivity index (χ2v) is 6.26. The van der Waals surface area contributed by atoms with Crippen LogP contribution >= 0.6 is 0 Å². The number of amides is 1. The van der Waals surface area contributed by atoms with Gasteiger partial charge in [-0.25, -0.2) is 14.4 Å². The maximum Gasteiger partial charge on any atom is 0.289 e. The molecular weight excluding hydrogens is 311 g/mol. The van der Waals surface area contributed by atoms with Gasteiger partial charge in [0.2, 0.25) is 0 Å². The first-order chi connectivity index (χ1) is 11.5. The molecule has 0 aliphatic carbocycles. The zero-order valence-corrected chi connectivity index (χ0v) is 13.9. The maximum absolute atomic E-state index is 13.9. The molecule has 1 aliphatic heterocycles. The topological polar surface area (TPSA) is 62.5 Å². The Morgan fingerprint density at radius 3 is 2.83 bits per heavy atom. The van der Waals surface area contributed by atoms with Gasteiger partial charge in [-0.1, -0.05) is 0 Å². The van der Waals surface area contributed by atoms with Crippen LogP contribution in [-0.4, -0.2) is 58.0 Å². The van der Waals surface area contributed by atoms with Gasteiger partial charge in [0.05, 0.1) is 0 Å². The average Bonchev–Trinajstić information content (AvgIpc) is 3.13. The lowest BCUT2D eigenvalue weighted by atomic mass is 10.2. The van der Waals surface area contributed by atoms with Crippen LogP contribution in [0.3, 0.4) is 0 Å². The number of likely N-dealkylation sites (N-methyl/N-ethyl adjacent to an activating group) is 1.